The van der Waals surface area contributed by atoms with Gasteiger partial charge in [0.05, 0.1) is 12.3 Å². The highest BCUT2D eigenvalue weighted by Gasteiger charge is 2.32. The Morgan fingerprint density at radius 3 is 2.80 bits per heavy atom. The number of phenolic OH excluding ortho intramolecular Hbond substituents is 1. The van der Waals surface area contributed by atoms with E-state index in [1.807, 2.05) is 6.92 Å². The minimum absolute atomic E-state index is 0.0291. The van der Waals surface area contributed by atoms with Crippen LogP contribution < -0.4 is 15.0 Å². The van der Waals surface area contributed by atoms with Crippen LogP contribution in [0, 0.1) is 0 Å². The Kier molecular flexibility index (Phi) is 4.92. The number of nitrogens with one attached hydrogen (secondary N) is 1. The van der Waals surface area contributed by atoms with Crippen molar-refractivity contribution in [2.24, 2.45) is 0 Å². The summed E-state index contributed by atoms with van der Waals surface area (Å²) in [5.74, 6) is 0.00335. The maximum atomic E-state index is 12.7. The molecular formula is C18H15ClN2O3S. The lowest BCUT2D eigenvalue weighted by Crippen LogP contribution is -2.30. The minimum Gasteiger partial charge on any atom is -0.504 e. The zero-order valence-electron chi connectivity index (χ0n) is 13.3. The van der Waals surface area contributed by atoms with Gasteiger partial charge in [-0.1, -0.05) is 29.8 Å². The zero-order chi connectivity index (χ0) is 18.0. The molecule has 0 saturated carbocycles. The van der Waals surface area contributed by atoms with Crippen LogP contribution in [0.1, 0.15) is 12.5 Å². The largest absolute Gasteiger partial charge is 0.504 e. The molecule has 128 valence electrons. The first-order valence-electron chi connectivity index (χ1n) is 7.58. The van der Waals surface area contributed by atoms with E-state index in [1.54, 1.807) is 42.5 Å². The minimum atomic E-state index is -0.325. The molecule has 0 aliphatic carbocycles. The van der Waals surface area contributed by atoms with Gasteiger partial charge in [-0.2, -0.15) is 0 Å². The van der Waals surface area contributed by atoms with E-state index in [4.69, 9.17) is 28.6 Å². The van der Waals surface area contributed by atoms with Crippen molar-refractivity contribution in [1.82, 2.24) is 5.32 Å². The molecule has 1 aliphatic heterocycles. The highest BCUT2D eigenvalue weighted by molar-refractivity contribution is 7.80. The number of ether oxygens (including phenoxy) is 1. The maximum absolute atomic E-state index is 12.7. The van der Waals surface area contributed by atoms with Crippen LogP contribution in [0.2, 0.25) is 5.02 Å². The number of rotatable bonds is 4. The number of hydrogen-bond donors (Lipinski definition) is 2. The SMILES string of the molecule is CCOc1cccc(C=C2NC(=S)N(c3cccc(Cl)c3)C2=O)c1O. The van der Waals surface area contributed by atoms with E-state index in [0.717, 1.165) is 0 Å². The van der Waals surface area contributed by atoms with Crippen molar-refractivity contribution in [3.63, 3.8) is 0 Å². The zero-order valence-corrected chi connectivity index (χ0v) is 14.9. The molecule has 1 heterocycles. The molecule has 0 spiro atoms. The van der Waals surface area contributed by atoms with Gasteiger partial charge in [0.15, 0.2) is 16.6 Å². The first kappa shape index (κ1) is 17.3. The lowest BCUT2D eigenvalue weighted by atomic mass is 10.1. The van der Waals surface area contributed by atoms with Crippen LogP contribution >= 0.6 is 23.8 Å². The summed E-state index contributed by atoms with van der Waals surface area (Å²) in [6.07, 6.45) is 1.54. The standard InChI is InChI=1S/C18H15ClN2O3S/c1-2-24-15-8-3-5-11(16(15)22)9-14-17(23)21(18(25)20-14)13-7-4-6-12(19)10-13/h3-10,22H,2H2,1H3,(H,20,25). The molecule has 0 aromatic heterocycles. The number of hydrogen-bond acceptors (Lipinski definition) is 4. The second-order valence-corrected chi connectivity index (χ2v) is 6.06. The van der Waals surface area contributed by atoms with Crippen molar-refractivity contribution < 1.29 is 14.6 Å². The molecule has 1 amide bonds. The molecule has 3 rings (SSSR count). The Bertz CT molecular complexity index is 882. The van der Waals surface area contributed by atoms with Gasteiger partial charge in [-0.3, -0.25) is 9.69 Å². The highest BCUT2D eigenvalue weighted by atomic mass is 35.5. The Hall–Kier alpha value is -2.57. The molecule has 2 aromatic rings. The number of halogens is 1. The van der Waals surface area contributed by atoms with Gasteiger partial charge in [0, 0.05) is 10.6 Å². The van der Waals surface area contributed by atoms with Gasteiger partial charge in [-0.25, -0.2) is 0 Å². The molecular weight excluding hydrogens is 360 g/mol. The molecule has 2 aromatic carbocycles. The number of para-hydroxylation sites is 1. The summed E-state index contributed by atoms with van der Waals surface area (Å²) >= 11 is 11.2. The molecule has 1 aliphatic rings. The molecule has 0 atom stereocenters. The van der Waals surface area contributed by atoms with E-state index in [0.29, 0.717) is 28.6 Å². The fourth-order valence-corrected chi connectivity index (χ4v) is 2.95. The third kappa shape index (κ3) is 3.45. The molecule has 5 nitrogen and oxygen atoms in total. The fraction of sp³-hybridized carbons (Fsp3) is 0.111. The van der Waals surface area contributed by atoms with Crippen LogP contribution in [0.3, 0.4) is 0 Å². The van der Waals surface area contributed by atoms with E-state index in [2.05, 4.69) is 5.32 Å². The van der Waals surface area contributed by atoms with Gasteiger partial charge >= 0.3 is 0 Å². The molecule has 1 saturated heterocycles. The number of amides is 1. The molecule has 1 fully saturated rings. The molecule has 0 bridgehead atoms. The topological polar surface area (TPSA) is 61.8 Å². The maximum Gasteiger partial charge on any atom is 0.281 e. The number of benzene rings is 2. The van der Waals surface area contributed by atoms with Crippen molar-refractivity contribution >= 4 is 46.6 Å². The third-order valence-electron chi connectivity index (χ3n) is 3.57. The number of anilines is 1. The van der Waals surface area contributed by atoms with Crippen LogP contribution in [-0.4, -0.2) is 22.7 Å². The lowest BCUT2D eigenvalue weighted by Gasteiger charge is -2.14. The first-order chi connectivity index (χ1) is 12.0. The summed E-state index contributed by atoms with van der Waals surface area (Å²) in [6, 6.07) is 11.9. The van der Waals surface area contributed by atoms with Gasteiger partial charge < -0.3 is 15.2 Å². The number of phenols is 1. The van der Waals surface area contributed by atoms with Crippen LogP contribution in [-0.2, 0) is 4.79 Å². The number of aromatic hydroxyl groups is 1. The lowest BCUT2D eigenvalue weighted by molar-refractivity contribution is -0.113. The van der Waals surface area contributed by atoms with E-state index in [9.17, 15) is 9.90 Å². The second-order valence-electron chi connectivity index (χ2n) is 5.24. The van der Waals surface area contributed by atoms with Crippen LogP contribution in [0.15, 0.2) is 48.2 Å². The molecule has 2 N–H and O–H groups in total. The Balaban J connectivity index is 1.95. The number of carbonyl (C=O) groups excluding carboxylic acids is 1. The van der Waals surface area contributed by atoms with Gasteiger partial charge in [-0.15, -0.1) is 0 Å². The van der Waals surface area contributed by atoms with Gasteiger partial charge in [0.2, 0.25) is 0 Å². The summed E-state index contributed by atoms with van der Waals surface area (Å²) in [6.45, 7) is 2.26. The Morgan fingerprint density at radius 2 is 2.08 bits per heavy atom. The Labute approximate surface area is 155 Å². The van der Waals surface area contributed by atoms with Gasteiger partial charge in [0.1, 0.15) is 5.70 Å². The normalized spacial score (nSPS) is 15.6. The monoisotopic (exact) mass is 374 g/mol. The van der Waals surface area contributed by atoms with Gasteiger partial charge in [0.25, 0.3) is 5.91 Å². The highest BCUT2D eigenvalue weighted by Crippen LogP contribution is 2.32. The van der Waals surface area contributed by atoms with Gasteiger partial charge in [-0.05, 0) is 49.5 Å². The van der Waals surface area contributed by atoms with E-state index in [-0.39, 0.29) is 22.5 Å². The fourth-order valence-electron chi connectivity index (χ4n) is 2.47. The van der Waals surface area contributed by atoms with Crippen LogP contribution in [0.25, 0.3) is 6.08 Å². The predicted molar refractivity (Wildman–Crippen MR) is 102 cm³/mol. The molecule has 25 heavy (non-hydrogen) atoms. The summed E-state index contributed by atoms with van der Waals surface area (Å²) in [4.78, 5) is 14.1. The number of carbonyl (C=O) groups is 1. The summed E-state index contributed by atoms with van der Waals surface area (Å²) in [5, 5.41) is 13.9. The summed E-state index contributed by atoms with van der Waals surface area (Å²) in [7, 11) is 0. The Morgan fingerprint density at radius 1 is 1.32 bits per heavy atom. The van der Waals surface area contributed by atoms with Crippen LogP contribution in [0.5, 0.6) is 11.5 Å². The van der Waals surface area contributed by atoms with Crippen molar-refractivity contribution in [2.75, 3.05) is 11.5 Å². The molecule has 0 unspecified atom stereocenters. The average molecular weight is 375 g/mol. The summed E-state index contributed by atoms with van der Waals surface area (Å²) in [5.41, 5.74) is 1.29. The van der Waals surface area contributed by atoms with Crippen molar-refractivity contribution in [3.05, 3.63) is 58.7 Å². The third-order valence-corrected chi connectivity index (χ3v) is 4.09. The van der Waals surface area contributed by atoms with Crippen molar-refractivity contribution in [1.29, 1.82) is 0 Å². The first-order valence-corrected chi connectivity index (χ1v) is 8.37. The molecule has 7 heteroatoms. The van der Waals surface area contributed by atoms with E-state index < -0.39 is 0 Å². The predicted octanol–water partition coefficient (Wildman–Crippen LogP) is 3.71. The molecule has 0 radical (unpaired) electrons. The van der Waals surface area contributed by atoms with E-state index in [1.165, 1.54) is 11.0 Å². The number of nitrogens with zero attached hydrogens (tertiary/aromatic N) is 1. The van der Waals surface area contributed by atoms with E-state index >= 15 is 0 Å². The smallest absolute Gasteiger partial charge is 0.281 e. The average Bonchev–Trinajstić information content (AvgIpc) is 2.85. The van der Waals surface area contributed by atoms with Crippen LogP contribution in [0.4, 0.5) is 5.69 Å². The van der Waals surface area contributed by atoms with Crippen molar-refractivity contribution in [3.8, 4) is 11.5 Å². The second kappa shape index (κ2) is 7.13. The summed E-state index contributed by atoms with van der Waals surface area (Å²) < 4.78 is 5.36. The van der Waals surface area contributed by atoms with Crippen molar-refractivity contribution in [2.45, 2.75) is 6.92 Å². The quantitative estimate of drug-likeness (QED) is 0.631. The number of thiocarbonyl (C=S) groups is 1.